The molecule has 4 N–H and O–H groups in total. The third-order valence-electron chi connectivity index (χ3n) is 1.96. The van der Waals surface area contributed by atoms with Crippen molar-refractivity contribution in [1.82, 2.24) is 0 Å². The summed E-state index contributed by atoms with van der Waals surface area (Å²) >= 11 is 0. The Morgan fingerprint density at radius 3 is 2.93 bits per heavy atom. The van der Waals surface area contributed by atoms with Crippen molar-refractivity contribution in [3.05, 3.63) is 23.8 Å². The number of hydrogen-bond donors (Lipinski definition) is 3. The maximum Gasteiger partial charge on any atom is 0.337 e. The van der Waals surface area contributed by atoms with Crippen molar-refractivity contribution in [2.45, 2.75) is 0 Å². The number of ether oxygens (including phenoxy) is 1. The molecule has 0 fully saturated rings. The number of nitrogens with one attached hydrogen (secondary N) is 1. The number of para-hydroxylation sites is 1. The first-order valence-corrected chi connectivity index (χ1v) is 4.51. The largest absolute Gasteiger partial charge is 0.478 e. The van der Waals surface area contributed by atoms with Crippen LogP contribution in [0, 0.1) is 0 Å². The molecule has 5 nitrogen and oxygen atoms in total. The van der Waals surface area contributed by atoms with Gasteiger partial charge in [-0.25, -0.2) is 4.79 Å². The van der Waals surface area contributed by atoms with Crippen molar-refractivity contribution < 1.29 is 14.6 Å². The van der Waals surface area contributed by atoms with Crippen LogP contribution in [0.5, 0.6) is 0 Å². The first-order valence-electron chi connectivity index (χ1n) is 4.51. The molecule has 1 aromatic carbocycles. The lowest BCUT2D eigenvalue weighted by Crippen LogP contribution is -2.11. The fourth-order valence-electron chi connectivity index (χ4n) is 1.19. The zero-order valence-electron chi connectivity index (χ0n) is 8.49. The Balaban J connectivity index is 2.80. The topological polar surface area (TPSA) is 84.6 Å². The number of methoxy groups -OCH3 is 1. The predicted molar refractivity (Wildman–Crippen MR) is 58.2 cm³/mol. The molecule has 0 aliphatic carbocycles. The van der Waals surface area contributed by atoms with Crippen LogP contribution in [0.1, 0.15) is 10.4 Å². The number of carboxylic acid groups (broad SMARTS) is 1. The highest BCUT2D eigenvalue weighted by Crippen LogP contribution is 2.22. The second kappa shape index (κ2) is 5.21. The summed E-state index contributed by atoms with van der Waals surface area (Å²) in [5.74, 6) is -1.03. The first kappa shape index (κ1) is 11.3. The van der Waals surface area contributed by atoms with Gasteiger partial charge < -0.3 is 20.9 Å². The number of carbonyl (C=O) groups is 1. The highest BCUT2D eigenvalue weighted by Gasteiger charge is 2.10. The Morgan fingerprint density at radius 2 is 2.33 bits per heavy atom. The van der Waals surface area contributed by atoms with Crippen LogP contribution in [0.2, 0.25) is 0 Å². The van der Waals surface area contributed by atoms with Gasteiger partial charge in [-0.05, 0) is 12.1 Å². The van der Waals surface area contributed by atoms with Crippen molar-refractivity contribution in [3.63, 3.8) is 0 Å². The number of carboxylic acids is 1. The standard InChI is InChI=1S/C10H14N2O3/c1-15-6-5-12-8-4-2-3-7(9(8)11)10(13)14/h2-4,12H,5-6,11H2,1H3,(H,13,14). The van der Waals surface area contributed by atoms with E-state index < -0.39 is 5.97 Å². The second-order valence-corrected chi connectivity index (χ2v) is 2.99. The van der Waals surface area contributed by atoms with Crippen LogP contribution in [-0.4, -0.2) is 31.3 Å². The quantitative estimate of drug-likeness (QED) is 0.499. The molecule has 5 heteroatoms. The molecule has 0 spiro atoms. The summed E-state index contributed by atoms with van der Waals surface area (Å²) in [6.45, 7) is 1.13. The average Bonchev–Trinajstić information content (AvgIpc) is 2.20. The van der Waals surface area contributed by atoms with Crippen molar-refractivity contribution in [2.75, 3.05) is 31.3 Å². The Bertz CT molecular complexity index is 353. The minimum Gasteiger partial charge on any atom is -0.478 e. The zero-order chi connectivity index (χ0) is 11.3. The molecule has 0 unspecified atom stereocenters. The zero-order valence-corrected chi connectivity index (χ0v) is 8.49. The van der Waals surface area contributed by atoms with E-state index in [-0.39, 0.29) is 11.3 Å². The van der Waals surface area contributed by atoms with Crippen LogP contribution in [0.25, 0.3) is 0 Å². The first-order chi connectivity index (χ1) is 7.16. The van der Waals surface area contributed by atoms with Gasteiger partial charge in [0.05, 0.1) is 23.5 Å². The highest BCUT2D eigenvalue weighted by molar-refractivity contribution is 5.97. The molecule has 0 saturated heterocycles. The SMILES string of the molecule is COCCNc1cccc(C(=O)O)c1N. The summed E-state index contributed by atoms with van der Waals surface area (Å²) < 4.78 is 4.86. The van der Waals surface area contributed by atoms with E-state index in [1.807, 2.05) is 0 Å². The molecule has 0 aromatic heterocycles. The van der Waals surface area contributed by atoms with Gasteiger partial charge in [0.15, 0.2) is 0 Å². The number of anilines is 2. The van der Waals surface area contributed by atoms with Crippen LogP contribution in [0.4, 0.5) is 11.4 Å². The predicted octanol–water partition coefficient (Wildman–Crippen LogP) is 1.03. The number of hydrogen-bond acceptors (Lipinski definition) is 4. The van der Waals surface area contributed by atoms with Gasteiger partial charge >= 0.3 is 5.97 Å². The lowest BCUT2D eigenvalue weighted by Gasteiger charge is -2.10. The molecule has 1 aromatic rings. The van der Waals surface area contributed by atoms with E-state index in [0.717, 1.165) is 0 Å². The Labute approximate surface area is 87.9 Å². The summed E-state index contributed by atoms with van der Waals surface area (Å²) in [6.07, 6.45) is 0. The number of benzene rings is 1. The van der Waals surface area contributed by atoms with Crippen molar-refractivity contribution in [2.24, 2.45) is 0 Å². The molecule has 1 rings (SSSR count). The molecule has 0 aliphatic heterocycles. The molecular weight excluding hydrogens is 196 g/mol. The molecule has 0 heterocycles. The minimum atomic E-state index is -1.03. The molecule has 82 valence electrons. The fourth-order valence-corrected chi connectivity index (χ4v) is 1.19. The molecule has 0 saturated carbocycles. The lowest BCUT2D eigenvalue weighted by molar-refractivity contribution is 0.0698. The Hall–Kier alpha value is -1.75. The Kier molecular flexibility index (Phi) is 3.93. The number of aromatic carboxylic acids is 1. The number of nitrogens with two attached hydrogens (primary N) is 1. The van der Waals surface area contributed by atoms with E-state index >= 15 is 0 Å². The number of rotatable bonds is 5. The van der Waals surface area contributed by atoms with Gasteiger partial charge in [0.25, 0.3) is 0 Å². The summed E-state index contributed by atoms with van der Waals surface area (Å²) in [5, 5.41) is 11.8. The average molecular weight is 210 g/mol. The fraction of sp³-hybridized carbons (Fsp3) is 0.300. The third kappa shape index (κ3) is 2.85. The molecule has 15 heavy (non-hydrogen) atoms. The van der Waals surface area contributed by atoms with Crippen LogP contribution in [0.3, 0.4) is 0 Å². The summed E-state index contributed by atoms with van der Waals surface area (Å²) in [4.78, 5) is 10.8. The van der Waals surface area contributed by atoms with E-state index in [4.69, 9.17) is 15.6 Å². The van der Waals surface area contributed by atoms with Gasteiger partial charge in [-0.1, -0.05) is 6.07 Å². The Morgan fingerprint density at radius 1 is 1.60 bits per heavy atom. The molecular formula is C10H14N2O3. The van der Waals surface area contributed by atoms with Crippen molar-refractivity contribution in [1.29, 1.82) is 0 Å². The summed E-state index contributed by atoms with van der Waals surface area (Å²) in [6, 6.07) is 4.85. The molecule has 0 aliphatic rings. The van der Waals surface area contributed by atoms with Gasteiger partial charge in [-0.15, -0.1) is 0 Å². The van der Waals surface area contributed by atoms with Gasteiger partial charge in [0.2, 0.25) is 0 Å². The van der Waals surface area contributed by atoms with Crippen LogP contribution < -0.4 is 11.1 Å². The van der Waals surface area contributed by atoms with E-state index in [0.29, 0.717) is 18.8 Å². The lowest BCUT2D eigenvalue weighted by atomic mass is 10.1. The van der Waals surface area contributed by atoms with E-state index in [1.54, 1.807) is 19.2 Å². The summed E-state index contributed by atoms with van der Waals surface area (Å²) in [7, 11) is 1.60. The van der Waals surface area contributed by atoms with Crippen LogP contribution in [0.15, 0.2) is 18.2 Å². The normalized spacial score (nSPS) is 9.93. The van der Waals surface area contributed by atoms with Gasteiger partial charge in [0, 0.05) is 13.7 Å². The molecule has 0 radical (unpaired) electrons. The van der Waals surface area contributed by atoms with Crippen molar-refractivity contribution in [3.8, 4) is 0 Å². The maximum absolute atomic E-state index is 10.8. The van der Waals surface area contributed by atoms with Crippen LogP contribution >= 0.6 is 0 Å². The van der Waals surface area contributed by atoms with Gasteiger partial charge in [0.1, 0.15) is 0 Å². The minimum absolute atomic E-state index is 0.109. The maximum atomic E-state index is 10.8. The smallest absolute Gasteiger partial charge is 0.337 e. The number of nitrogen functional groups attached to an aromatic ring is 1. The molecule has 0 atom stereocenters. The van der Waals surface area contributed by atoms with E-state index in [1.165, 1.54) is 6.07 Å². The van der Waals surface area contributed by atoms with E-state index in [2.05, 4.69) is 5.32 Å². The second-order valence-electron chi connectivity index (χ2n) is 2.99. The van der Waals surface area contributed by atoms with Gasteiger partial charge in [-0.2, -0.15) is 0 Å². The highest BCUT2D eigenvalue weighted by atomic mass is 16.5. The van der Waals surface area contributed by atoms with Crippen LogP contribution in [-0.2, 0) is 4.74 Å². The van der Waals surface area contributed by atoms with E-state index in [9.17, 15) is 4.79 Å². The van der Waals surface area contributed by atoms with Gasteiger partial charge in [-0.3, -0.25) is 0 Å². The molecule has 0 amide bonds. The monoisotopic (exact) mass is 210 g/mol. The summed E-state index contributed by atoms with van der Waals surface area (Å²) in [5.41, 5.74) is 6.66. The van der Waals surface area contributed by atoms with Crippen molar-refractivity contribution >= 4 is 17.3 Å². The molecule has 0 bridgehead atoms. The third-order valence-corrected chi connectivity index (χ3v) is 1.96.